The van der Waals surface area contributed by atoms with E-state index in [0.717, 1.165) is 24.9 Å². The van der Waals surface area contributed by atoms with Crippen molar-refractivity contribution in [2.45, 2.75) is 105 Å². The molecule has 1 aliphatic heterocycles. The van der Waals surface area contributed by atoms with Crippen LogP contribution in [0, 0.1) is 51.2 Å². The van der Waals surface area contributed by atoms with Crippen LogP contribution in [0.25, 0.3) is 5.57 Å². The molecule has 1 heterocycles. The van der Waals surface area contributed by atoms with Crippen LogP contribution in [-0.4, -0.2) is 56.5 Å². The maximum absolute atomic E-state index is 12.0. The zero-order chi connectivity index (χ0) is 32.8. The topological polar surface area (TPSA) is 49.4 Å². The molecule has 1 aromatic rings. The number of nitrogens with zero attached hydrogens (tertiary/aromatic N) is 1. The quantitative estimate of drug-likeness (QED) is 0.316. The van der Waals surface area contributed by atoms with Crippen molar-refractivity contribution in [2.75, 3.05) is 37.7 Å². The second-order valence-corrected chi connectivity index (χ2v) is 20.5. The van der Waals surface area contributed by atoms with Gasteiger partial charge >= 0.3 is 0 Å². The van der Waals surface area contributed by atoms with Gasteiger partial charge in [-0.1, -0.05) is 83.2 Å². The Balaban J connectivity index is 1.15. The highest BCUT2D eigenvalue weighted by atomic mass is 32.2. The number of rotatable bonds is 6. The first kappa shape index (κ1) is 33.1. The summed E-state index contributed by atoms with van der Waals surface area (Å²) >= 11 is 0. The summed E-state index contributed by atoms with van der Waals surface area (Å²) in [6.45, 7) is 23.5. The third-order valence-corrected chi connectivity index (χ3v) is 17.7. The highest BCUT2D eigenvalue weighted by Gasteiger charge is 2.70. The molecule has 0 radical (unpaired) electrons. The Hall–Kier alpha value is -1.43. The molecule has 0 aromatic heterocycles. The highest BCUT2D eigenvalue weighted by Crippen LogP contribution is 2.76. The number of sulfone groups is 1. The van der Waals surface area contributed by atoms with Gasteiger partial charge in [0.05, 0.1) is 11.5 Å². The van der Waals surface area contributed by atoms with Crippen LogP contribution in [0.2, 0.25) is 0 Å². The fraction of sp³-hybridized carbons (Fsp3) is 0.756. The minimum atomic E-state index is -2.84. The second-order valence-electron chi connectivity index (χ2n) is 18.2. The molecule has 0 unspecified atom stereocenters. The summed E-state index contributed by atoms with van der Waals surface area (Å²) in [5, 5.41) is 4.23. The minimum absolute atomic E-state index is 0.175. The van der Waals surface area contributed by atoms with Crippen LogP contribution in [0.3, 0.4) is 0 Å². The Morgan fingerprint density at radius 2 is 1.61 bits per heavy atom. The van der Waals surface area contributed by atoms with Gasteiger partial charge in [-0.25, -0.2) is 8.42 Å². The van der Waals surface area contributed by atoms with E-state index in [1.165, 1.54) is 68.9 Å². The number of benzene rings is 1. The fourth-order valence-corrected chi connectivity index (χ4v) is 14.9. The molecule has 7 rings (SSSR count). The predicted molar refractivity (Wildman–Crippen MR) is 192 cm³/mol. The van der Waals surface area contributed by atoms with Crippen molar-refractivity contribution < 1.29 is 8.42 Å². The summed E-state index contributed by atoms with van der Waals surface area (Å²) in [6.07, 6.45) is 14.4. The third kappa shape index (κ3) is 4.90. The van der Waals surface area contributed by atoms with Crippen molar-refractivity contribution in [3.05, 3.63) is 54.1 Å². The van der Waals surface area contributed by atoms with Crippen molar-refractivity contribution in [3.8, 4) is 0 Å². The molecule has 0 bridgehead atoms. The Morgan fingerprint density at radius 1 is 0.891 bits per heavy atom. The number of fused-ring (bicyclic) bond motifs is 7. The van der Waals surface area contributed by atoms with Gasteiger partial charge in [0.25, 0.3) is 0 Å². The van der Waals surface area contributed by atoms with Gasteiger partial charge in [0, 0.05) is 31.7 Å². The Bertz CT molecular complexity index is 1470. The molecule has 1 saturated heterocycles. The number of hydrogen-bond donors (Lipinski definition) is 1. The van der Waals surface area contributed by atoms with E-state index in [-0.39, 0.29) is 11.0 Å². The van der Waals surface area contributed by atoms with Crippen molar-refractivity contribution in [2.24, 2.45) is 51.2 Å². The molecule has 46 heavy (non-hydrogen) atoms. The first-order valence-electron chi connectivity index (χ1n) is 18.8. The third-order valence-electron chi connectivity index (χ3n) is 16.1. The van der Waals surface area contributed by atoms with E-state index in [2.05, 4.69) is 94.7 Å². The molecule has 1 aromatic carbocycles. The van der Waals surface area contributed by atoms with Gasteiger partial charge in [-0.2, -0.15) is 0 Å². The van der Waals surface area contributed by atoms with Gasteiger partial charge in [-0.15, -0.1) is 0 Å². The minimum Gasteiger partial charge on any atom is -0.310 e. The van der Waals surface area contributed by atoms with Crippen LogP contribution < -0.4 is 5.32 Å². The number of allylic oxidation sites excluding steroid dienone is 3. The van der Waals surface area contributed by atoms with E-state index in [0.29, 0.717) is 58.6 Å². The smallest absolute Gasteiger partial charge is 0.152 e. The van der Waals surface area contributed by atoms with Gasteiger partial charge in [0.15, 0.2) is 9.84 Å². The molecule has 254 valence electrons. The molecule has 4 nitrogen and oxygen atoms in total. The van der Waals surface area contributed by atoms with Gasteiger partial charge in [0.1, 0.15) is 0 Å². The lowest BCUT2D eigenvalue weighted by Gasteiger charge is -2.72. The number of nitrogens with one attached hydrogen (secondary N) is 1. The molecule has 0 spiro atoms. The standard InChI is InChI=1S/C41H62N2O2S/c1-29(2)31-15-20-41(42-23-24-43-25-27-46(44,45)28-26-43)22-21-39(6)33(36(31)41)13-14-35-38(5)18-16-32(30-11-9-8-10-12-30)37(3,4)34(38)17-19-40(35,39)7/h8-12,16,31,33-36,42H,1,13-15,17-28H2,2-7H3/t31-,33+,34-,35+,36+,38-,39+,40+,41-/m0/s1. The molecular formula is C41H62N2O2S. The predicted octanol–water partition coefficient (Wildman–Crippen LogP) is 8.41. The lowest BCUT2D eigenvalue weighted by Crippen LogP contribution is -2.68. The Morgan fingerprint density at radius 3 is 2.30 bits per heavy atom. The first-order valence-corrected chi connectivity index (χ1v) is 20.6. The molecule has 9 atom stereocenters. The number of hydrogen-bond acceptors (Lipinski definition) is 4. The maximum atomic E-state index is 12.0. The largest absolute Gasteiger partial charge is 0.310 e. The summed E-state index contributed by atoms with van der Waals surface area (Å²) in [7, 11) is -2.84. The average molecular weight is 647 g/mol. The Kier molecular flexibility index (Phi) is 8.13. The van der Waals surface area contributed by atoms with Crippen LogP contribution in [0.15, 0.2) is 48.6 Å². The second kappa shape index (κ2) is 11.3. The van der Waals surface area contributed by atoms with E-state index in [1.54, 1.807) is 5.57 Å². The average Bonchev–Trinajstić information content (AvgIpc) is 3.39. The summed E-state index contributed by atoms with van der Waals surface area (Å²) < 4.78 is 24.0. The molecule has 4 saturated carbocycles. The summed E-state index contributed by atoms with van der Waals surface area (Å²) in [5.41, 5.74) is 5.79. The Labute approximate surface area is 281 Å². The monoisotopic (exact) mass is 646 g/mol. The van der Waals surface area contributed by atoms with E-state index in [1.807, 2.05) is 0 Å². The van der Waals surface area contributed by atoms with Gasteiger partial charge < -0.3 is 10.2 Å². The van der Waals surface area contributed by atoms with Gasteiger partial charge in [-0.3, -0.25) is 0 Å². The summed E-state index contributed by atoms with van der Waals surface area (Å²) in [5.74, 6) is 4.09. The van der Waals surface area contributed by atoms with Crippen LogP contribution in [-0.2, 0) is 9.84 Å². The molecular weight excluding hydrogens is 585 g/mol. The zero-order valence-corrected chi connectivity index (χ0v) is 30.7. The molecule has 1 N–H and O–H groups in total. The lowest BCUT2D eigenvalue weighted by molar-refractivity contribution is -0.219. The van der Waals surface area contributed by atoms with E-state index in [4.69, 9.17) is 0 Å². The van der Waals surface area contributed by atoms with Gasteiger partial charge in [-0.05, 0) is 127 Å². The van der Waals surface area contributed by atoms with Crippen molar-refractivity contribution >= 4 is 15.4 Å². The van der Waals surface area contributed by atoms with Crippen molar-refractivity contribution in [1.29, 1.82) is 0 Å². The van der Waals surface area contributed by atoms with Crippen molar-refractivity contribution in [3.63, 3.8) is 0 Å². The molecule has 0 amide bonds. The summed E-state index contributed by atoms with van der Waals surface area (Å²) in [4.78, 5) is 2.37. The van der Waals surface area contributed by atoms with Crippen LogP contribution in [0.4, 0.5) is 0 Å². The van der Waals surface area contributed by atoms with E-state index < -0.39 is 9.84 Å². The highest BCUT2D eigenvalue weighted by molar-refractivity contribution is 7.91. The van der Waals surface area contributed by atoms with Crippen LogP contribution in [0.5, 0.6) is 0 Å². The van der Waals surface area contributed by atoms with Crippen LogP contribution in [0.1, 0.15) is 105 Å². The lowest BCUT2D eigenvalue weighted by atomic mass is 9.33. The normalized spacial score (nSPS) is 44.7. The maximum Gasteiger partial charge on any atom is 0.152 e. The first-order chi connectivity index (χ1) is 21.7. The fourth-order valence-electron chi connectivity index (χ4n) is 13.6. The molecule has 5 aliphatic carbocycles. The SMILES string of the molecule is C=C(C)[C@@H]1CC[C@]2(NCCN3CCS(=O)(=O)CC3)CC[C@]3(C)[C@H](CC[C@@H]4[C@@]5(C)CC=C(c6ccccc6)C(C)(C)[C@@H]5CC[C@]43C)[C@@H]12. The summed E-state index contributed by atoms with van der Waals surface area (Å²) in [6, 6.07) is 11.2. The van der Waals surface area contributed by atoms with Gasteiger partial charge in [0.2, 0.25) is 0 Å². The molecule has 5 fully saturated rings. The van der Waals surface area contributed by atoms with E-state index >= 15 is 0 Å². The van der Waals surface area contributed by atoms with Crippen molar-refractivity contribution in [1.82, 2.24) is 10.2 Å². The van der Waals surface area contributed by atoms with Crippen LogP contribution >= 0.6 is 0 Å². The zero-order valence-electron chi connectivity index (χ0n) is 29.8. The van der Waals surface area contributed by atoms with E-state index in [9.17, 15) is 8.42 Å². The molecule has 5 heteroatoms. The molecule has 6 aliphatic rings.